The molecule has 1 aromatic carbocycles. The van der Waals surface area contributed by atoms with Crippen LogP contribution in [0, 0.1) is 0 Å². The van der Waals surface area contributed by atoms with E-state index in [1.54, 1.807) is 6.07 Å². The number of hydrogen-bond acceptors (Lipinski definition) is 5. The zero-order valence-electron chi connectivity index (χ0n) is 11.4. The number of carboxylic acids is 1. The highest BCUT2D eigenvalue weighted by Gasteiger charge is 2.08. The van der Waals surface area contributed by atoms with Crippen LogP contribution in [0.15, 0.2) is 30.4 Å². The summed E-state index contributed by atoms with van der Waals surface area (Å²) in [5.41, 5.74) is 0.346. The summed E-state index contributed by atoms with van der Waals surface area (Å²) in [5, 5.41) is 12.7. The quantitative estimate of drug-likeness (QED) is 0.698. The Hall–Kier alpha value is -3.03. The van der Waals surface area contributed by atoms with E-state index in [4.69, 9.17) is 14.6 Å². The molecule has 0 bridgehead atoms. The Balaban J connectivity index is 2.70. The zero-order valence-corrected chi connectivity index (χ0v) is 11.4. The molecule has 1 aromatic rings. The lowest BCUT2D eigenvalue weighted by atomic mass is 10.3. The van der Waals surface area contributed by atoms with Crippen LogP contribution in [0.2, 0.25) is 0 Å². The van der Waals surface area contributed by atoms with Crippen LogP contribution >= 0.6 is 0 Å². The summed E-state index contributed by atoms with van der Waals surface area (Å²) in [6, 6.07) is 3.86. The molecule has 0 aliphatic carbocycles. The number of rotatable bonds is 5. The molecule has 0 radical (unpaired) electrons. The highest BCUT2D eigenvalue weighted by Crippen LogP contribution is 2.25. The number of imide groups is 1. The van der Waals surface area contributed by atoms with Gasteiger partial charge in [-0.1, -0.05) is 0 Å². The van der Waals surface area contributed by atoms with Gasteiger partial charge in [0.15, 0.2) is 0 Å². The first-order valence-corrected chi connectivity index (χ1v) is 5.70. The Morgan fingerprint density at radius 3 is 2.10 bits per heavy atom. The van der Waals surface area contributed by atoms with Crippen molar-refractivity contribution in [3.8, 4) is 11.5 Å². The van der Waals surface area contributed by atoms with Gasteiger partial charge in [0.1, 0.15) is 11.5 Å². The van der Waals surface area contributed by atoms with E-state index in [-0.39, 0.29) is 0 Å². The fourth-order valence-electron chi connectivity index (χ4n) is 1.34. The van der Waals surface area contributed by atoms with Crippen LogP contribution in [0.25, 0.3) is 0 Å². The first kappa shape index (κ1) is 16.0. The van der Waals surface area contributed by atoms with Crippen LogP contribution in [-0.2, 0) is 9.59 Å². The molecule has 1 rings (SSSR count). The van der Waals surface area contributed by atoms with E-state index in [1.807, 2.05) is 5.32 Å². The second-order valence-corrected chi connectivity index (χ2v) is 3.72. The van der Waals surface area contributed by atoms with Crippen molar-refractivity contribution in [2.45, 2.75) is 0 Å². The molecule has 0 aliphatic heterocycles. The molecular formula is C13H14N2O6. The van der Waals surface area contributed by atoms with Crippen LogP contribution in [0.1, 0.15) is 0 Å². The van der Waals surface area contributed by atoms with Gasteiger partial charge in [-0.05, 0) is 0 Å². The number of hydrogen-bond donors (Lipinski definition) is 3. The maximum Gasteiger partial charge on any atom is 0.328 e. The van der Waals surface area contributed by atoms with Crippen LogP contribution in [-0.4, -0.2) is 37.2 Å². The van der Waals surface area contributed by atoms with Crippen molar-refractivity contribution in [1.82, 2.24) is 5.32 Å². The predicted molar refractivity (Wildman–Crippen MR) is 73.5 cm³/mol. The third kappa shape index (κ3) is 5.64. The topological polar surface area (TPSA) is 114 Å². The number of carbonyl (C=O) groups is 3. The Morgan fingerprint density at radius 1 is 1.05 bits per heavy atom. The number of benzene rings is 1. The molecule has 8 heteroatoms. The number of urea groups is 1. The molecule has 3 amide bonds. The van der Waals surface area contributed by atoms with Crippen molar-refractivity contribution in [1.29, 1.82) is 0 Å². The highest BCUT2D eigenvalue weighted by atomic mass is 16.5. The lowest BCUT2D eigenvalue weighted by Gasteiger charge is -2.09. The summed E-state index contributed by atoms with van der Waals surface area (Å²) in [6.45, 7) is 0. The largest absolute Gasteiger partial charge is 0.497 e. The summed E-state index contributed by atoms with van der Waals surface area (Å²) in [4.78, 5) is 33.0. The number of aliphatic carboxylic acids is 1. The van der Waals surface area contributed by atoms with Gasteiger partial charge >= 0.3 is 12.0 Å². The van der Waals surface area contributed by atoms with Crippen LogP contribution in [0.5, 0.6) is 11.5 Å². The van der Waals surface area contributed by atoms with Crippen molar-refractivity contribution >= 4 is 23.6 Å². The van der Waals surface area contributed by atoms with Gasteiger partial charge in [0.25, 0.3) is 5.91 Å². The molecule has 0 saturated carbocycles. The first-order valence-electron chi connectivity index (χ1n) is 5.70. The van der Waals surface area contributed by atoms with Crippen LogP contribution in [0.4, 0.5) is 10.5 Å². The van der Waals surface area contributed by atoms with E-state index in [0.717, 1.165) is 6.08 Å². The second kappa shape index (κ2) is 7.53. The van der Waals surface area contributed by atoms with E-state index in [9.17, 15) is 14.4 Å². The van der Waals surface area contributed by atoms with Crippen molar-refractivity contribution in [2.24, 2.45) is 0 Å². The fraction of sp³-hybridized carbons (Fsp3) is 0.154. The van der Waals surface area contributed by atoms with Gasteiger partial charge in [0.2, 0.25) is 0 Å². The van der Waals surface area contributed by atoms with E-state index in [1.165, 1.54) is 26.4 Å². The van der Waals surface area contributed by atoms with Gasteiger partial charge in [0.05, 0.1) is 14.2 Å². The highest BCUT2D eigenvalue weighted by molar-refractivity contribution is 6.06. The molecule has 0 aliphatic rings. The minimum absolute atomic E-state index is 0.346. The maximum atomic E-state index is 11.6. The number of carboxylic acid groups (broad SMARTS) is 1. The Morgan fingerprint density at radius 2 is 1.62 bits per heavy atom. The van der Waals surface area contributed by atoms with E-state index >= 15 is 0 Å². The predicted octanol–water partition coefficient (Wildman–Crippen LogP) is 0.993. The Kier molecular flexibility index (Phi) is 5.75. The minimum atomic E-state index is -1.29. The van der Waals surface area contributed by atoms with E-state index in [2.05, 4.69) is 5.32 Å². The van der Waals surface area contributed by atoms with Crippen molar-refractivity contribution in [2.75, 3.05) is 19.5 Å². The maximum absolute atomic E-state index is 11.6. The molecule has 0 heterocycles. The summed E-state index contributed by atoms with van der Waals surface area (Å²) in [5.74, 6) is -1.23. The number of anilines is 1. The van der Waals surface area contributed by atoms with Crippen LogP contribution < -0.4 is 20.1 Å². The van der Waals surface area contributed by atoms with Gasteiger partial charge < -0.3 is 19.9 Å². The van der Waals surface area contributed by atoms with Gasteiger partial charge in [-0.15, -0.1) is 0 Å². The number of amides is 3. The minimum Gasteiger partial charge on any atom is -0.497 e. The van der Waals surface area contributed by atoms with E-state index < -0.39 is 17.9 Å². The average Bonchev–Trinajstić information content (AvgIpc) is 2.44. The van der Waals surface area contributed by atoms with Gasteiger partial charge in [-0.25, -0.2) is 9.59 Å². The summed E-state index contributed by atoms with van der Waals surface area (Å²) >= 11 is 0. The number of methoxy groups -OCH3 is 2. The van der Waals surface area contributed by atoms with Crippen molar-refractivity contribution in [3.63, 3.8) is 0 Å². The van der Waals surface area contributed by atoms with Crippen LogP contribution in [0.3, 0.4) is 0 Å². The van der Waals surface area contributed by atoms with Gasteiger partial charge in [-0.2, -0.15) is 0 Å². The molecule has 8 nitrogen and oxygen atoms in total. The molecular weight excluding hydrogens is 280 g/mol. The third-order valence-electron chi connectivity index (χ3n) is 2.22. The molecule has 0 unspecified atom stereocenters. The fourth-order valence-corrected chi connectivity index (χ4v) is 1.34. The Labute approximate surface area is 120 Å². The zero-order chi connectivity index (χ0) is 15.8. The first-order chi connectivity index (χ1) is 9.94. The summed E-state index contributed by atoms with van der Waals surface area (Å²) in [7, 11) is 2.91. The van der Waals surface area contributed by atoms with E-state index in [0.29, 0.717) is 23.3 Å². The summed E-state index contributed by atoms with van der Waals surface area (Å²) in [6.07, 6.45) is 1.35. The number of nitrogens with one attached hydrogen (secondary N) is 2. The standard InChI is InChI=1S/C13H14N2O6/c1-20-9-5-8(6-10(7-9)21-2)14-13(19)15-11(16)3-4-12(17)18/h3-7H,1-2H3,(H,17,18)(H2,14,15,16,19)/b4-3+. The molecule has 0 atom stereocenters. The third-order valence-corrected chi connectivity index (χ3v) is 2.22. The lowest BCUT2D eigenvalue weighted by molar-refractivity contribution is -0.131. The average molecular weight is 294 g/mol. The molecule has 0 spiro atoms. The SMILES string of the molecule is COc1cc(NC(=O)NC(=O)/C=C/C(=O)O)cc(OC)c1. The Bertz CT molecular complexity index is 560. The molecule has 112 valence electrons. The molecule has 0 saturated heterocycles. The van der Waals surface area contributed by atoms with Gasteiger partial charge in [-0.3, -0.25) is 10.1 Å². The van der Waals surface area contributed by atoms with Gasteiger partial charge in [0, 0.05) is 36.0 Å². The van der Waals surface area contributed by atoms with Crippen molar-refractivity contribution in [3.05, 3.63) is 30.4 Å². The second-order valence-electron chi connectivity index (χ2n) is 3.72. The molecule has 0 fully saturated rings. The molecule has 21 heavy (non-hydrogen) atoms. The smallest absolute Gasteiger partial charge is 0.328 e. The number of ether oxygens (including phenoxy) is 2. The summed E-state index contributed by atoms with van der Waals surface area (Å²) < 4.78 is 10.1. The number of carbonyl (C=O) groups excluding carboxylic acids is 2. The normalized spacial score (nSPS) is 10.0. The monoisotopic (exact) mass is 294 g/mol. The lowest BCUT2D eigenvalue weighted by Crippen LogP contribution is -2.33. The molecule has 0 aromatic heterocycles. The van der Waals surface area contributed by atoms with Crippen molar-refractivity contribution < 1.29 is 29.0 Å². The molecule has 3 N–H and O–H groups in total.